The highest BCUT2D eigenvalue weighted by Crippen LogP contribution is 2.42. The molecule has 0 amide bonds. The van der Waals surface area contributed by atoms with Crippen LogP contribution in [-0.4, -0.2) is 12.6 Å². The summed E-state index contributed by atoms with van der Waals surface area (Å²) in [6, 6.07) is 16.4. The Hall–Kier alpha value is -2.82. The molecule has 0 spiro atoms. The molecule has 0 aromatic heterocycles. The van der Waals surface area contributed by atoms with Crippen LogP contribution in [-0.2, 0) is 9.59 Å². The zero-order valence-corrected chi connectivity index (χ0v) is 15.4. The van der Waals surface area contributed by atoms with E-state index in [0.29, 0.717) is 28.4 Å². The number of carbonyl (C=O) groups is 2. The summed E-state index contributed by atoms with van der Waals surface area (Å²) in [5.41, 5.74) is 1.52. The minimum atomic E-state index is -0.422. The summed E-state index contributed by atoms with van der Waals surface area (Å²) in [5, 5.41) is 6.16. The molecule has 0 fully saturated rings. The van der Waals surface area contributed by atoms with Gasteiger partial charge >= 0.3 is 0 Å². The van der Waals surface area contributed by atoms with Crippen LogP contribution in [0.5, 0.6) is 5.75 Å². The molecule has 4 rings (SSSR count). The fourth-order valence-corrected chi connectivity index (χ4v) is 3.77. The highest BCUT2D eigenvalue weighted by atomic mass is 35.5. The standard InChI is InChI=1S/C21H13Cl2NO3/c22-14-6-7-16(17(23)9-14)20-19-15-4-2-1-3-12(15)5-8-18(19)27-21(24-20)13(10-25)11-26/h1-11,20,24H. The number of carbonyl (C=O) groups excluding carboxylic acids is 2. The van der Waals surface area contributed by atoms with Crippen molar-refractivity contribution in [1.29, 1.82) is 0 Å². The average Bonchev–Trinajstić information content (AvgIpc) is 2.68. The van der Waals surface area contributed by atoms with E-state index in [1.54, 1.807) is 12.1 Å². The molecule has 0 aliphatic carbocycles. The van der Waals surface area contributed by atoms with Crippen molar-refractivity contribution in [1.82, 2.24) is 5.32 Å². The molecular weight excluding hydrogens is 385 g/mol. The van der Waals surface area contributed by atoms with Crippen LogP contribution in [0.15, 0.2) is 66.1 Å². The minimum Gasteiger partial charge on any atom is -0.440 e. The van der Waals surface area contributed by atoms with Gasteiger partial charge in [-0.1, -0.05) is 59.6 Å². The van der Waals surface area contributed by atoms with Crippen LogP contribution in [0.25, 0.3) is 10.8 Å². The van der Waals surface area contributed by atoms with Crippen molar-refractivity contribution in [3.63, 3.8) is 0 Å². The molecule has 0 radical (unpaired) electrons. The molecule has 1 aliphatic rings. The predicted octanol–water partition coefficient (Wildman–Crippen LogP) is 4.83. The summed E-state index contributed by atoms with van der Waals surface area (Å²) < 4.78 is 5.84. The van der Waals surface area contributed by atoms with Crippen molar-refractivity contribution in [2.75, 3.05) is 0 Å². The topological polar surface area (TPSA) is 55.4 Å². The first-order valence-corrected chi connectivity index (χ1v) is 8.93. The second-order valence-electron chi connectivity index (χ2n) is 6.06. The van der Waals surface area contributed by atoms with Gasteiger partial charge in [0.25, 0.3) is 0 Å². The van der Waals surface area contributed by atoms with E-state index in [-0.39, 0.29) is 11.5 Å². The lowest BCUT2D eigenvalue weighted by Crippen LogP contribution is -2.32. The van der Waals surface area contributed by atoms with Crippen molar-refractivity contribution in [3.8, 4) is 5.75 Å². The van der Waals surface area contributed by atoms with E-state index in [2.05, 4.69) is 5.32 Å². The predicted molar refractivity (Wildman–Crippen MR) is 105 cm³/mol. The number of halogens is 2. The third-order valence-electron chi connectivity index (χ3n) is 4.50. The van der Waals surface area contributed by atoms with Crippen LogP contribution >= 0.6 is 23.2 Å². The van der Waals surface area contributed by atoms with E-state index >= 15 is 0 Å². The number of ether oxygens (including phenoxy) is 1. The van der Waals surface area contributed by atoms with Crippen molar-refractivity contribution >= 4 is 46.5 Å². The van der Waals surface area contributed by atoms with Gasteiger partial charge in [0.1, 0.15) is 11.3 Å². The molecule has 0 bridgehead atoms. The monoisotopic (exact) mass is 397 g/mol. The summed E-state index contributed by atoms with van der Waals surface area (Å²) >= 11 is 12.5. The highest BCUT2D eigenvalue weighted by molar-refractivity contribution is 6.35. The SMILES string of the molecule is O=CC(C=O)=C1NC(c2ccc(Cl)cc2Cl)c2c(ccc3ccccc23)O1. The molecule has 1 N–H and O–H groups in total. The number of allylic oxidation sites excluding steroid dienone is 1. The fourth-order valence-electron chi connectivity index (χ4n) is 3.25. The van der Waals surface area contributed by atoms with E-state index in [9.17, 15) is 9.59 Å². The maximum absolute atomic E-state index is 11.3. The first-order chi connectivity index (χ1) is 13.1. The summed E-state index contributed by atoms with van der Waals surface area (Å²) in [6.07, 6.45) is 0.920. The molecule has 1 heterocycles. The van der Waals surface area contributed by atoms with E-state index in [0.717, 1.165) is 21.9 Å². The molecule has 134 valence electrons. The molecular formula is C21H13Cl2NO3. The van der Waals surface area contributed by atoms with Gasteiger partial charge in [0.05, 0.1) is 6.04 Å². The summed E-state index contributed by atoms with van der Waals surface area (Å²) in [4.78, 5) is 22.5. The van der Waals surface area contributed by atoms with Crippen molar-refractivity contribution in [3.05, 3.63) is 87.2 Å². The second kappa shape index (κ2) is 7.06. The Labute approximate surface area is 165 Å². The Balaban J connectivity index is 2.01. The number of aldehydes is 2. The molecule has 0 saturated carbocycles. The van der Waals surface area contributed by atoms with Crippen LogP contribution in [0, 0.1) is 0 Å². The fraction of sp³-hybridized carbons (Fsp3) is 0.0476. The zero-order valence-electron chi connectivity index (χ0n) is 13.9. The molecule has 0 saturated heterocycles. The lowest BCUT2D eigenvalue weighted by molar-refractivity contribution is -0.110. The van der Waals surface area contributed by atoms with Gasteiger partial charge in [-0.3, -0.25) is 9.59 Å². The van der Waals surface area contributed by atoms with E-state index < -0.39 is 6.04 Å². The Morgan fingerprint density at radius 2 is 1.78 bits per heavy atom. The number of hydrogen-bond donors (Lipinski definition) is 1. The second-order valence-corrected chi connectivity index (χ2v) is 6.91. The Morgan fingerprint density at radius 1 is 1.00 bits per heavy atom. The minimum absolute atomic E-state index is 0.0961. The van der Waals surface area contributed by atoms with Gasteiger partial charge in [0.15, 0.2) is 12.6 Å². The Bertz CT molecular complexity index is 1100. The lowest BCUT2D eigenvalue weighted by atomic mass is 9.91. The molecule has 3 aromatic carbocycles. The van der Waals surface area contributed by atoms with Crippen LogP contribution in [0.2, 0.25) is 10.0 Å². The van der Waals surface area contributed by atoms with Gasteiger partial charge in [0.2, 0.25) is 5.88 Å². The van der Waals surface area contributed by atoms with E-state index in [1.165, 1.54) is 0 Å². The summed E-state index contributed by atoms with van der Waals surface area (Å²) in [5.74, 6) is 0.651. The van der Waals surface area contributed by atoms with Crippen LogP contribution < -0.4 is 10.1 Å². The Morgan fingerprint density at radius 3 is 2.52 bits per heavy atom. The van der Waals surface area contributed by atoms with E-state index in [4.69, 9.17) is 27.9 Å². The number of nitrogens with one attached hydrogen (secondary N) is 1. The Kier molecular flexibility index (Phi) is 4.60. The largest absolute Gasteiger partial charge is 0.440 e. The molecule has 3 aromatic rings. The normalized spacial score (nSPS) is 15.5. The summed E-state index contributed by atoms with van der Waals surface area (Å²) in [7, 11) is 0. The molecule has 1 aliphatic heterocycles. The van der Waals surface area contributed by atoms with Crippen molar-refractivity contribution in [2.24, 2.45) is 0 Å². The molecule has 1 atom stereocenters. The molecule has 27 heavy (non-hydrogen) atoms. The third-order valence-corrected chi connectivity index (χ3v) is 5.06. The zero-order chi connectivity index (χ0) is 19.0. The van der Waals surface area contributed by atoms with Gasteiger partial charge in [-0.05, 0) is 34.5 Å². The maximum Gasteiger partial charge on any atom is 0.208 e. The first-order valence-electron chi connectivity index (χ1n) is 8.18. The molecule has 6 heteroatoms. The number of hydrogen-bond acceptors (Lipinski definition) is 4. The maximum atomic E-state index is 11.3. The molecule has 1 unspecified atom stereocenters. The van der Waals surface area contributed by atoms with Crippen LogP contribution in [0.1, 0.15) is 17.2 Å². The quantitative estimate of drug-likeness (QED) is 0.297. The molecule has 4 nitrogen and oxygen atoms in total. The van der Waals surface area contributed by atoms with Crippen LogP contribution in [0.3, 0.4) is 0 Å². The van der Waals surface area contributed by atoms with Gasteiger partial charge in [-0.2, -0.15) is 0 Å². The van der Waals surface area contributed by atoms with Gasteiger partial charge in [-0.25, -0.2) is 0 Å². The van der Waals surface area contributed by atoms with Crippen LogP contribution in [0.4, 0.5) is 0 Å². The van der Waals surface area contributed by atoms with E-state index in [1.807, 2.05) is 42.5 Å². The summed E-state index contributed by atoms with van der Waals surface area (Å²) in [6.45, 7) is 0. The third kappa shape index (κ3) is 3.07. The van der Waals surface area contributed by atoms with Crippen molar-refractivity contribution < 1.29 is 14.3 Å². The van der Waals surface area contributed by atoms with Gasteiger partial charge in [0, 0.05) is 15.6 Å². The highest BCUT2D eigenvalue weighted by Gasteiger charge is 2.30. The lowest BCUT2D eigenvalue weighted by Gasteiger charge is -2.31. The number of benzene rings is 3. The first kappa shape index (κ1) is 17.6. The average molecular weight is 398 g/mol. The van der Waals surface area contributed by atoms with Gasteiger partial charge < -0.3 is 10.1 Å². The number of fused-ring (bicyclic) bond motifs is 3. The van der Waals surface area contributed by atoms with Crippen molar-refractivity contribution in [2.45, 2.75) is 6.04 Å². The van der Waals surface area contributed by atoms with Gasteiger partial charge in [-0.15, -0.1) is 0 Å². The smallest absolute Gasteiger partial charge is 0.208 e. The number of rotatable bonds is 3.